The van der Waals surface area contributed by atoms with Crippen molar-refractivity contribution in [2.75, 3.05) is 38.6 Å². The first-order chi connectivity index (χ1) is 12.7. The zero-order valence-corrected chi connectivity index (χ0v) is 19.4. The third kappa shape index (κ3) is 6.52. The highest BCUT2D eigenvalue weighted by Gasteiger charge is 2.30. The van der Waals surface area contributed by atoms with Crippen molar-refractivity contribution in [1.82, 2.24) is 15.5 Å². The summed E-state index contributed by atoms with van der Waals surface area (Å²) in [6.07, 6.45) is 6.83. The van der Waals surface area contributed by atoms with Crippen LogP contribution < -0.4 is 15.5 Å². The lowest BCUT2D eigenvalue weighted by Crippen LogP contribution is -2.45. The summed E-state index contributed by atoms with van der Waals surface area (Å²) in [7, 11) is 4.15. The van der Waals surface area contributed by atoms with Crippen LogP contribution in [0.25, 0.3) is 0 Å². The number of anilines is 1. The zero-order valence-electron chi connectivity index (χ0n) is 17.1. The molecule has 0 spiro atoms. The summed E-state index contributed by atoms with van der Waals surface area (Å²) in [6.45, 7) is 6.11. The Balaban J connectivity index is 0.00000261. The number of benzene rings is 1. The van der Waals surface area contributed by atoms with Crippen molar-refractivity contribution in [2.45, 2.75) is 57.7 Å². The molecule has 2 N–H and O–H groups in total. The molecule has 0 aromatic heterocycles. The molecule has 1 aromatic rings. The normalized spacial score (nSPS) is 21.1. The van der Waals surface area contributed by atoms with Crippen molar-refractivity contribution in [3.8, 4) is 0 Å². The third-order valence-electron chi connectivity index (χ3n) is 5.59. The topological polar surface area (TPSA) is 42.9 Å². The van der Waals surface area contributed by atoms with Gasteiger partial charge in [-0.2, -0.15) is 0 Å². The lowest BCUT2D eigenvalue weighted by Gasteiger charge is -2.24. The minimum atomic E-state index is 0. The molecule has 1 aromatic carbocycles. The van der Waals surface area contributed by atoms with Crippen molar-refractivity contribution in [2.24, 2.45) is 4.99 Å². The van der Waals surface area contributed by atoms with Gasteiger partial charge in [0.25, 0.3) is 0 Å². The van der Waals surface area contributed by atoms with Gasteiger partial charge in [0.1, 0.15) is 0 Å². The molecule has 0 bridgehead atoms. The first-order valence-electron chi connectivity index (χ1n) is 10.2. The summed E-state index contributed by atoms with van der Waals surface area (Å²) in [5, 5.41) is 7.08. The standard InChI is InChI=1S/C21H35N5.HI/c1-4-22-21(23-15-17-8-7-11-20(14-17)25(2)3)24-18-12-13-26(16-18)19-9-5-6-10-19;/h7-8,11,14,18-19H,4-6,9-10,12-13,15-16H2,1-3H3,(H2,22,23,24);1H. The second-order valence-corrected chi connectivity index (χ2v) is 7.82. The molecular formula is C21H36IN5. The van der Waals surface area contributed by atoms with Crippen molar-refractivity contribution < 1.29 is 0 Å². The van der Waals surface area contributed by atoms with E-state index in [4.69, 9.17) is 4.99 Å². The molecule has 2 aliphatic rings. The molecule has 1 heterocycles. The maximum absolute atomic E-state index is 4.83. The van der Waals surface area contributed by atoms with E-state index in [9.17, 15) is 0 Å². The molecular weight excluding hydrogens is 449 g/mol. The molecule has 1 unspecified atom stereocenters. The number of nitrogens with zero attached hydrogens (tertiary/aromatic N) is 3. The molecule has 0 amide bonds. The molecule has 5 nitrogen and oxygen atoms in total. The Morgan fingerprint density at radius 3 is 2.70 bits per heavy atom. The van der Waals surface area contributed by atoms with E-state index >= 15 is 0 Å². The van der Waals surface area contributed by atoms with Gasteiger partial charge in [-0.15, -0.1) is 24.0 Å². The van der Waals surface area contributed by atoms with Crippen molar-refractivity contribution >= 4 is 35.6 Å². The fourth-order valence-electron chi connectivity index (χ4n) is 4.12. The van der Waals surface area contributed by atoms with Gasteiger partial charge in [0.15, 0.2) is 5.96 Å². The van der Waals surface area contributed by atoms with E-state index in [1.54, 1.807) is 0 Å². The molecule has 1 atom stereocenters. The van der Waals surface area contributed by atoms with E-state index < -0.39 is 0 Å². The number of nitrogens with one attached hydrogen (secondary N) is 2. The van der Waals surface area contributed by atoms with Crippen LogP contribution in [0.15, 0.2) is 29.3 Å². The Morgan fingerprint density at radius 1 is 1.22 bits per heavy atom. The minimum absolute atomic E-state index is 0. The van der Waals surface area contributed by atoms with E-state index in [2.05, 4.69) is 65.7 Å². The average Bonchev–Trinajstić information content (AvgIpc) is 3.31. The van der Waals surface area contributed by atoms with Crippen molar-refractivity contribution in [3.05, 3.63) is 29.8 Å². The number of aliphatic imine (C=N–C) groups is 1. The van der Waals surface area contributed by atoms with Gasteiger partial charge in [-0.25, -0.2) is 4.99 Å². The Kier molecular flexibility index (Phi) is 9.15. The summed E-state index contributed by atoms with van der Waals surface area (Å²) in [4.78, 5) is 9.65. The van der Waals surface area contributed by atoms with Gasteiger partial charge in [-0.05, 0) is 43.9 Å². The number of hydrogen-bond donors (Lipinski definition) is 2. The lowest BCUT2D eigenvalue weighted by atomic mass is 10.2. The van der Waals surface area contributed by atoms with Crippen molar-refractivity contribution in [1.29, 1.82) is 0 Å². The summed E-state index contributed by atoms with van der Waals surface area (Å²) >= 11 is 0. The van der Waals surface area contributed by atoms with Crippen LogP contribution in [-0.4, -0.2) is 56.7 Å². The van der Waals surface area contributed by atoms with Gasteiger partial charge in [-0.1, -0.05) is 25.0 Å². The molecule has 1 saturated carbocycles. The van der Waals surface area contributed by atoms with Gasteiger partial charge in [0.05, 0.1) is 6.54 Å². The van der Waals surface area contributed by atoms with Crippen LogP contribution in [0, 0.1) is 0 Å². The highest BCUT2D eigenvalue weighted by molar-refractivity contribution is 14.0. The van der Waals surface area contributed by atoms with Gasteiger partial charge >= 0.3 is 0 Å². The van der Waals surface area contributed by atoms with Crippen molar-refractivity contribution in [3.63, 3.8) is 0 Å². The zero-order chi connectivity index (χ0) is 18.4. The fraction of sp³-hybridized carbons (Fsp3) is 0.667. The van der Waals surface area contributed by atoms with Crippen LogP contribution in [0.5, 0.6) is 0 Å². The van der Waals surface area contributed by atoms with Crippen LogP contribution in [0.3, 0.4) is 0 Å². The van der Waals surface area contributed by atoms with Gasteiger partial charge in [0, 0.05) is 51.5 Å². The minimum Gasteiger partial charge on any atom is -0.378 e. The second kappa shape index (κ2) is 11.1. The molecule has 1 aliphatic heterocycles. The SMILES string of the molecule is CCNC(=NCc1cccc(N(C)C)c1)NC1CCN(C2CCCC2)C1.I. The van der Waals surface area contributed by atoms with Crippen LogP contribution in [0.2, 0.25) is 0 Å². The van der Waals surface area contributed by atoms with E-state index in [0.717, 1.165) is 25.1 Å². The third-order valence-corrected chi connectivity index (χ3v) is 5.59. The summed E-state index contributed by atoms with van der Waals surface area (Å²) in [5.41, 5.74) is 2.46. The smallest absolute Gasteiger partial charge is 0.191 e. The summed E-state index contributed by atoms with van der Waals surface area (Å²) in [6, 6.07) is 9.95. The molecule has 0 radical (unpaired) electrons. The molecule has 2 fully saturated rings. The first kappa shape index (κ1) is 22.3. The van der Waals surface area contributed by atoms with Crippen LogP contribution in [0.4, 0.5) is 5.69 Å². The molecule has 6 heteroatoms. The quantitative estimate of drug-likeness (QED) is 0.368. The number of rotatable bonds is 6. The number of halogens is 1. The number of hydrogen-bond acceptors (Lipinski definition) is 3. The fourth-order valence-corrected chi connectivity index (χ4v) is 4.12. The highest BCUT2D eigenvalue weighted by atomic mass is 127. The lowest BCUT2D eigenvalue weighted by molar-refractivity contribution is 0.242. The molecule has 27 heavy (non-hydrogen) atoms. The predicted octanol–water partition coefficient (Wildman–Crippen LogP) is 3.44. The van der Waals surface area contributed by atoms with Gasteiger partial charge < -0.3 is 15.5 Å². The predicted molar refractivity (Wildman–Crippen MR) is 126 cm³/mol. The molecule has 1 saturated heterocycles. The van der Waals surface area contributed by atoms with Gasteiger partial charge in [0.2, 0.25) is 0 Å². The molecule has 152 valence electrons. The Morgan fingerprint density at radius 2 is 2.00 bits per heavy atom. The first-order valence-corrected chi connectivity index (χ1v) is 10.2. The maximum Gasteiger partial charge on any atom is 0.191 e. The average molecular weight is 485 g/mol. The van der Waals surface area contributed by atoms with E-state index in [-0.39, 0.29) is 24.0 Å². The Labute approximate surface area is 182 Å². The molecule has 1 aliphatic carbocycles. The van der Waals surface area contributed by atoms with Crippen LogP contribution >= 0.6 is 24.0 Å². The summed E-state index contributed by atoms with van der Waals surface area (Å²) in [5.74, 6) is 0.945. The second-order valence-electron chi connectivity index (χ2n) is 7.82. The Bertz CT molecular complexity index is 598. The Hall–Kier alpha value is -1.02. The van der Waals surface area contributed by atoms with E-state index in [1.807, 2.05) is 0 Å². The maximum atomic E-state index is 4.83. The summed E-state index contributed by atoms with van der Waals surface area (Å²) < 4.78 is 0. The monoisotopic (exact) mass is 485 g/mol. The van der Waals surface area contributed by atoms with E-state index in [0.29, 0.717) is 12.6 Å². The van der Waals surface area contributed by atoms with Gasteiger partial charge in [-0.3, -0.25) is 4.90 Å². The molecule has 3 rings (SSSR count). The highest BCUT2D eigenvalue weighted by Crippen LogP contribution is 2.26. The van der Waals surface area contributed by atoms with Crippen LogP contribution in [0.1, 0.15) is 44.6 Å². The number of likely N-dealkylation sites (tertiary alicyclic amines) is 1. The largest absolute Gasteiger partial charge is 0.378 e. The van der Waals surface area contributed by atoms with E-state index in [1.165, 1.54) is 49.9 Å². The number of guanidine groups is 1. The van der Waals surface area contributed by atoms with Crippen LogP contribution in [-0.2, 0) is 6.54 Å².